The van der Waals surface area contributed by atoms with Gasteiger partial charge in [0.1, 0.15) is 5.69 Å². The number of nitrogens with zero attached hydrogens (tertiary/aromatic N) is 1. The first-order valence-electron chi connectivity index (χ1n) is 7.01. The van der Waals surface area contributed by atoms with Crippen molar-refractivity contribution in [3.63, 3.8) is 0 Å². The second kappa shape index (κ2) is 7.29. The van der Waals surface area contributed by atoms with E-state index in [1.54, 1.807) is 12.3 Å². The number of nitrogens with one attached hydrogen (secondary N) is 1. The van der Waals surface area contributed by atoms with E-state index in [0.717, 1.165) is 17.7 Å². The molecule has 2 aromatic rings. The standard InChI is InChI=1S/C16H19ClN2O2/c1-2-19-11-13(17)10-15(19)16(21)18-14-7-3-5-12(9-14)6-4-8-20/h3,5,7,9-11,20H,2,4,6,8H2,1H3,(H,18,21). The quantitative estimate of drug-likeness (QED) is 0.860. The lowest BCUT2D eigenvalue weighted by Crippen LogP contribution is -2.16. The van der Waals surface area contributed by atoms with Crippen molar-refractivity contribution in [3.05, 3.63) is 52.8 Å². The number of aliphatic hydroxyl groups is 1. The van der Waals surface area contributed by atoms with E-state index in [1.807, 2.05) is 35.8 Å². The van der Waals surface area contributed by atoms with Gasteiger partial charge in [0.25, 0.3) is 5.91 Å². The fourth-order valence-corrected chi connectivity index (χ4v) is 2.43. The van der Waals surface area contributed by atoms with E-state index in [1.165, 1.54) is 0 Å². The molecule has 0 aliphatic heterocycles. The summed E-state index contributed by atoms with van der Waals surface area (Å²) in [5.74, 6) is -0.178. The third kappa shape index (κ3) is 4.09. The zero-order valence-corrected chi connectivity index (χ0v) is 12.7. The van der Waals surface area contributed by atoms with E-state index >= 15 is 0 Å². The van der Waals surface area contributed by atoms with E-state index < -0.39 is 0 Å². The number of aromatic nitrogens is 1. The second-order valence-electron chi connectivity index (χ2n) is 4.81. The minimum Gasteiger partial charge on any atom is -0.396 e. The van der Waals surface area contributed by atoms with Crippen LogP contribution in [0.25, 0.3) is 0 Å². The first-order chi connectivity index (χ1) is 10.1. The molecule has 0 bridgehead atoms. The van der Waals surface area contributed by atoms with Crippen LogP contribution in [0, 0.1) is 0 Å². The zero-order chi connectivity index (χ0) is 15.2. The van der Waals surface area contributed by atoms with Crippen molar-refractivity contribution in [2.24, 2.45) is 0 Å². The number of hydrogen-bond donors (Lipinski definition) is 2. The molecule has 21 heavy (non-hydrogen) atoms. The summed E-state index contributed by atoms with van der Waals surface area (Å²) < 4.78 is 1.81. The number of aryl methyl sites for hydroxylation is 2. The molecule has 1 heterocycles. The Morgan fingerprint density at radius 3 is 2.90 bits per heavy atom. The van der Waals surface area contributed by atoms with Crippen LogP contribution in [0.4, 0.5) is 5.69 Å². The average molecular weight is 307 g/mol. The first-order valence-corrected chi connectivity index (χ1v) is 7.38. The number of benzene rings is 1. The van der Waals surface area contributed by atoms with E-state index in [-0.39, 0.29) is 12.5 Å². The number of amides is 1. The van der Waals surface area contributed by atoms with Crippen LogP contribution in [0.2, 0.25) is 5.02 Å². The number of rotatable bonds is 6. The summed E-state index contributed by atoms with van der Waals surface area (Å²) >= 11 is 5.95. The van der Waals surface area contributed by atoms with Gasteiger partial charge in [-0.2, -0.15) is 0 Å². The molecule has 0 aliphatic rings. The molecule has 2 rings (SSSR count). The molecule has 0 spiro atoms. The van der Waals surface area contributed by atoms with Gasteiger partial charge < -0.3 is 15.0 Å². The van der Waals surface area contributed by atoms with Crippen molar-refractivity contribution in [1.29, 1.82) is 0 Å². The average Bonchev–Trinajstić information content (AvgIpc) is 2.87. The Balaban J connectivity index is 2.11. The Hall–Kier alpha value is -1.78. The number of halogens is 1. The smallest absolute Gasteiger partial charge is 0.272 e. The maximum atomic E-state index is 12.3. The van der Waals surface area contributed by atoms with Crippen LogP contribution in [0.1, 0.15) is 29.4 Å². The highest BCUT2D eigenvalue weighted by atomic mass is 35.5. The summed E-state index contributed by atoms with van der Waals surface area (Å²) in [4.78, 5) is 12.3. The van der Waals surface area contributed by atoms with Crippen LogP contribution in [0.15, 0.2) is 36.5 Å². The molecule has 5 heteroatoms. The fraction of sp³-hybridized carbons (Fsp3) is 0.312. The zero-order valence-electron chi connectivity index (χ0n) is 12.0. The number of hydrogen-bond acceptors (Lipinski definition) is 2. The normalized spacial score (nSPS) is 10.6. The molecular weight excluding hydrogens is 288 g/mol. The predicted molar refractivity (Wildman–Crippen MR) is 84.9 cm³/mol. The van der Waals surface area contributed by atoms with Crippen molar-refractivity contribution in [2.75, 3.05) is 11.9 Å². The number of aliphatic hydroxyl groups excluding tert-OH is 1. The Morgan fingerprint density at radius 1 is 1.38 bits per heavy atom. The van der Waals surface area contributed by atoms with Crippen LogP contribution in [0.3, 0.4) is 0 Å². The monoisotopic (exact) mass is 306 g/mol. The second-order valence-corrected chi connectivity index (χ2v) is 5.25. The molecule has 1 aromatic heterocycles. The van der Waals surface area contributed by atoms with Gasteiger partial charge in [-0.3, -0.25) is 4.79 Å². The van der Waals surface area contributed by atoms with Gasteiger partial charge in [0.15, 0.2) is 0 Å². The van der Waals surface area contributed by atoms with Crippen LogP contribution in [0.5, 0.6) is 0 Å². The molecule has 2 N–H and O–H groups in total. The molecule has 1 aromatic carbocycles. The molecule has 0 atom stereocenters. The van der Waals surface area contributed by atoms with Gasteiger partial charge in [-0.1, -0.05) is 23.7 Å². The largest absolute Gasteiger partial charge is 0.396 e. The van der Waals surface area contributed by atoms with E-state index in [9.17, 15) is 4.79 Å². The van der Waals surface area contributed by atoms with Crippen LogP contribution < -0.4 is 5.32 Å². The summed E-state index contributed by atoms with van der Waals surface area (Å²) in [6.45, 7) is 2.81. The van der Waals surface area contributed by atoms with E-state index in [0.29, 0.717) is 23.7 Å². The van der Waals surface area contributed by atoms with Crippen molar-refractivity contribution in [2.45, 2.75) is 26.3 Å². The maximum absolute atomic E-state index is 12.3. The molecule has 0 saturated carbocycles. The summed E-state index contributed by atoms with van der Waals surface area (Å²) in [5, 5.41) is 12.3. The summed E-state index contributed by atoms with van der Waals surface area (Å²) in [6.07, 6.45) is 3.25. The highest BCUT2D eigenvalue weighted by Crippen LogP contribution is 2.17. The van der Waals surface area contributed by atoms with Gasteiger partial charge in [0, 0.05) is 25.0 Å². The number of anilines is 1. The Kier molecular flexibility index (Phi) is 5.42. The lowest BCUT2D eigenvalue weighted by molar-refractivity contribution is 0.101. The van der Waals surface area contributed by atoms with Crippen molar-refractivity contribution in [3.8, 4) is 0 Å². The molecule has 112 valence electrons. The third-order valence-corrected chi connectivity index (χ3v) is 3.45. The summed E-state index contributed by atoms with van der Waals surface area (Å²) in [7, 11) is 0. The fourth-order valence-electron chi connectivity index (χ4n) is 2.21. The molecule has 0 radical (unpaired) electrons. The third-order valence-electron chi connectivity index (χ3n) is 3.24. The van der Waals surface area contributed by atoms with Crippen molar-refractivity contribution >= 4 is 23.2 Å². The topological polar surface area (TPSA) is 54.3 Å². The molecule has 4 nitrogen and oxygen atoms in total. The lowest BCUT2D eigenvalue weighted by Gasteiger charge is -2.09. The first kappa shape index (κ1) is 15.6. The molecule has 0 fully saturated rings. The molecule has 0 aliphatic carbocycles. The van der Waals surface area contributed by atoms with Gasteiger partial charge >= 0.3 is 0 Å². The summed E-state index contributed by atoms with van der Waals surface area (Å²) in [6, 6.07) is 9.32. The Labute approximate surface area is 129 Å². The lowest BCUT2D eigenvalue weighted by atomic mass is 10.1. The minimum atomic E-state index is -0.178. The van der Waals surface area contributed by atoms with Gasteiger partial charge in [-0.25, -0.2) is 0 Å². The van der Waals surface area contributed by atoms with Gasteiger partial charge in [-0.15, -0.1) is 0 Å². The van der Waals surface area contributed by atoms with Crippen molar-refractivity contribution in [1.82, 2.24) is 4.57 Å². The highest BCUT2D eigenvalue weighted by molar-refractivity contribution is 6.31. The van der Waals surface area contributed by atoms with Gasteiger partial charge in [-0.05, 0) is 43.5 Å². The minimum absolute atomic E-state index is 0.166. The Bertz CT molecular complexity index is 622. The molecule has 1 amide bonds. The maximum Gasteiger partial charge on any atom is 0.272 e. The SMILES string of the molecule is CCn1cc(Cl)cc1C(=O)Nc1cccc(CCCO)c1. The Morgan fingerprint density at radius 2 is 2.19 bits per heavy atom. The van der Waals surface area contributed by atoms with Gasteiger partial charge in [0.2, 0.25) is 0 Å². The van der Waals surface area contributed by atoms with E-state index in [4.69, 9.17) is 16.7 Å². The van der Waals surface area contributed by atoms with Gasteiger partial charge in [0.05, 0.1) is 5.02 Å². The van der Waals surface area contributed by atoms with E-state index in [2.05, 4.69) is 5.32 Å². The van der Waals surface area contributed by atoms with Crippen molar-refractivity contribution < 1.29 is 9.90 Å². The van der Waals surface area contributed by atoms with Crippen LogP contribution in [-0.2, 0) is 13.0 Å². The van der Waals surface area contributed by atoms with Crippen LogP contribution in [-0.4, -0.2) is 22.2 Å². The highest BCUT2D eigenvalue weighted by Gasteiger charge is 2.12. The molecular formula is C16H19ClN2O2. The van der Waals surface area contributed by atoms with Crippen LogP contribution >= 0.6 is 11.6 Å². The molecule has 0 unspecified atom stereocenters. The number of carbonyl (C=O) groups excluding carboxylic acids is 1. The molecule has 0 saturated heterocycles. The summed E-state index contributed by atoms with van der Waals surface area (Å²) in [5.41, 5.74) is 2.38. The predicted octanol–water partition coefficient (Wildman–Crippen LogP) is 3.34. The number of carbonyl (C=O) groups is 1.